The summed E-state index contributed by atoms with van der Waals surface area (Å²) in [6.45, 7) is 2.08. The molecule has 0 aromatic rings. The topological polar surface area (TPSA) is 0 Å². The highest BCUT2D eigenvalue weighted by molar-refractivity contribution is 9.09. The van der Waals surface area contributed by atoms with E-state index in [1.165, 1.54) is 0 Å². The normalized spacial score (nSPS) is 27.0. The Morgan fingerprint density at radius 3 is 2.33 bits per heavy atom. The van der Waals surface area contributed by atoms with Crippen molar-refractivity contribution < 1.29 is 8.78 Å². The van der Waals surface area contributed by atoms with Gasteiger partial charge in [-0.3, -0.25) is 0 Å². The molecule has 1 fully saturated rings. The molecule has 0 heterocycles. The maximum Gasteiger partial charge on any atom is 0.248 e. The molecule has 0 spiro atoms. The Labute approximate surface area is 80.9 Å². The quantitative estimate of drug-likeness (QED) is 0.641. The van der Waals surface area contributed by atoms with Crippen LogP contribution in [0.4, 0.5) is 8.78 Å². The van der Waals surface area contributed by atoms with Crippen LogP contribution in [0, 0.1) is 5.92 Å². The summed E-state index contributed by atoms with van der Waals surface area (Å²) in [4.78, 5) is 0.467. The minimum atomic E-state index is -2.37. The maximum atomic E-state index is 12.7. The summed E-state index contributed by atoms with van der Waals surface area (Å²) in [6.07, 6.45) is 2.62. The lowest BCUT2D eigenvalue weighted by Gasteiger charge is -2.28. The molecule has 0 nitrogen and oxygen atoms in total. The molecular formula is C9H15BrF2. The zero-order valence-electron chi connectivity index (χ0n) is 7.32. The van der Waals surface area contributed by atoms with Crippen molar-refractivity contribution in [2.45, 2.75) is 49.8 Å². The molecule has 1 saturated carbocycles. The monoisotopic (exact) mass is 240 g/mol. The minimum Gasteiger partial charge on any atom is -0.207 e. The lowest BCUT2D eigenvalue weighted by Crippen LogP contribution is -2.25. The molecule has 72 valence electrons. The van der Waals surface area contributed by atoms with Gasteiger partial charge in [0.15, 0.2) is 0 Å². The molecule has 0 saturated heterocycles. The summed E-state index contributed by atoms with van der Waals surface area (Å²) >= 11 is 3.45. The molecule has 3 heteroatoms. The van der Waals surface area contributed by atoms with Gasteiger partial charge in [-0.15, -0.1) is 0 Å². The number of hydrogen-bond donors (Lipinski definition) is 0. The third-order valence-corrected chi connectivity index (χ3v) is 2.87. The molecule has 1 aliphatic rings. The first-order chi connectivity index (χ1) is 5.49. The van der Waals surface area contributed by atoms with Gasteiger partial charge in [0.05, 0.1) is 0 Å². The van der Waals surface area contributed by atoms with Crippen molar-refractivity contribution in [1.29, 1.82) is 0 Å². The van der Waals surface area contributed by atoms with E-state index in [1.807, 2.05) is 0 Å². The number of alkyl halides is 3. The highest BCUT2D eigenvalue weighted by atomic mass is 79.9. The summed E-state index contributed by atoms with van der Waals surface area (Å²) in [6, 6.07) is 0. The first kappa shape index (κ1) is 10.4. The van der Waals surface area contributed by atoms with Crippen LogP contribution in [0.15, 0.2) is 0 Å². The third-order valence-electron chi connectivity index (χ3n) is 2.49. The molecule has 1 atom stereocenters. The zero-order valence-corrected chi connectivity index (χ0v) is 8.91. The van der Waals surface area contributed by atoms with Crippen LogP contribution in [0.1, 0.15) is 39.0 Å². The summed E-state index contributed by atoms with van der Waals surface area (Å²) in [5.74, 6) is -1.86. The average Bonchev–Trinajstić information content (AvgIpc) is 1.93. The molecule has 0 amide bonds. The van der Waals surface area contributed by atoms with Crippen molar-refractivity contribution in [3.63, 3.8) is 0 Å². The van der Waals surface area contributed by atoms with Crippen molar-refractivity contribution in [2.24, 2.45) is 5.92 Å². The second-order valence-corrected chi connectivity index (χ2v) is 5.38. The molecule has 0 aromatic heterocycles. The Kier molecular flexibility index (Phi) is 3.50. The second kappa shape index (κ2) is 4.03. The van der Waals surface area contributed by atoms with Crippen LogP contribution in [0.25, 0.3) is 0 Å². The lowest BCUT2D eigenvalue weighted by molar-refractivity contribution is -0.0463. The van der Waals surface area contributed by atoms with Crippen molar-refractivity contribution in [3.05, 3.63) is 0 Å². The Morgan fingerprint density at radius 2 is 1.92 bits per heavy atom. The molecule has 0 bridgehead atoms. The standard InChI is InChI=1S/C9H15BrF2/c1-7(10)6-8-2-4-9(11,12)5-3-8/h7-8H,2-6H2,1H3. The van der Waals surface area contributed by atoms with E-state index in [0.29, 0.717) is 23.6 Å². The fourth-order valence-corrected chi connectivity index (χ4v) is 2.32. The van der Waals surface area contributed by atoms with Gasteiger partial charge in [-0.2, -0.15) is 0 Å². The van der Waals surface area contributed by atoms with Gasteiger partial charge in [0.25, 0.3) is 0 Å². The van der Waals surface area contributed by atoms with Gasteiger partial charge in [-0.05, 0) is 25.2 Å². The van der Waals surface area contributed by atoms with Gasteiger partial charge in [-0.25, -0.2) is 8.78 Å². The van der Waals surface area contributed by atoms with E-state index in [1.54, 1.807) is 0 Å². The summed E-state index contributed by atoms with van der Waals surface area (Å²) in [7, 11) is 0. The summed E-state index contributed by atoms with van der Waals surface area (Å²) in [5.41, 5.74) is 0. The molecule has 0 N–H and O–H groups in total. The molecule has 12 heavy (non-hydrogen) atoms. The SMILES string of the molecule is CC(Br)CC1CCC(F)(F)CC1. The van der Waals surface area contributed by atoms with Gasteiger partial charge in [-0.1, -0.05) is 22.9 Å². The van der Waals surface area contributed by atoms with E-state index < -0.39 is 5.92 Å². The zero-order chi connectivity index (χ0) is 9.19. The van der Waals surface area contributed by atoms with Gasteiger partial charge < -0.3 is 0 Å². The Hall–Kier alpha value is 0.340. The van der Waals surface area contributed by atoms with Crippen LogP contribution in [0.5, 0.6) is 0 Å². The van der Waals surface area contributed by atoms with Crippen molar-refractivity contribution in [1.82, 2.24) is 0 Å². The first-order valence-electron chi connectivity index (χ1n) is 4.51. The maximum absolute atomic E-state index is 12.7. The van der Waals surface area contributed by atoms with Crippen LogP contribution in [-0.4, -0.2) is 10.7 Å². The van der Waals surface area contributed by atoms with E-state index in [-0.39, 0.29) is 12.8 Å². The van der Waals surface area contributed by atoms with Crippen molar-refractivity contribution >= 4 is 15.9 Å². The predicted octanol–water partition coefficient (Wildman–Crippen LogP) is 3.99. The van der Waals surface area contributed by atoms with E-state index in [0.717, 1.165) is 6.42 Å². The third kappa shape index (κ3) is 3.38. The Bertz CT molecular complexity index is 135. The smallest absolute Gasteiger partial charge is 0.207 e. The molecule has 1 aliphatic carbocycles. The van der Waals surface area contributed by atoms with Crippen LogP contribution in [-0.2, 0) is 0 Å². The molecular weight excluding hydrogens is 226 g/mol. The Balaban J connectivity index is 2.27. The number of halogens is 3. The molecule has 1 rings (SSSR count). The van der Waals surface area contributed by atoms with Gasteiger partial charge >= 0.3 is 0 Å². The van der Waals surface area contributed by atoms with E-state index >= 15 is 0 Å². The lowest BCUT2D eigenvalue weighted by atomic mass is 9.84. The molecule has 0 aromatic carbocycles. The van der Waals surface area contributed by atoms with E-state index in [9.17, 15) is 8.78 Å². The van der Waals surface area contributed by atoms with Crippen LogP contribution >= 0.6 is 15.9 Å². The van der Waals surface area contributed by atoms with Crippen molar-refractivity contribution in [2.75, 3.05) is 0 Å². The van der Waals surface area contributed by atoms with E-state index in [2.05, 4.69) is 22.9 Å². The first-order valence-corrected chi connectivity index (χ1v) is 5.43. The summed E-state index contributed by atoms with van der Waals surface area (Å²) in [5, 5.41) is 0. The average molecular weight is 241 g/mol. The van der Waals surface area contributed by atoms with Gasteiger partial charge in [0.1, 0.15) is 0 Å². The van der Waals surface area contributed by atoms with Gasteiger partial charge in [0.2, 0.25) is 5.92 Å². The van der Waals surface area contributed by atoms with Crippen molar-refractivity contribution in [3.8, 4) is 0 Å². The van der Waals surface area contributed by atoms with E-state index in [4.69, 9.17) is 0 Å². The van der Waals surface area contributed by atoms with Gasteiger partial charge in [0, 0.05) is 17.7 Å². The van der Waals surface area contributed by atoms with Crippen LogP contribution < -0.4 is 0 Å². The number of hydrogen-bond acceptors (Lipinski definition) is 0. The highest BCUT2D eigenvalue weighted by Gasteiger charge is 2.34. The molecule has 1 unspecified atom stereocenters. The number of rotatable bonds is 2. The minimum absolute atomic E-state index is 0.0946. The predicted molar refractivity (Wildman–Crippen MR) is 49.9 cm³/mol. The fraction of sp³-hybridized carbons (Fsp3) is 1.00. The fourth-order valence-electron chi connectivity index (χ4n) is 1.79. The molecule has 0 aliphatic heterocycles. The second-order valence-electron chi connectivity index (χ2n) is 3.82. The Morgan fingerprint density at radius 1 is 1.42 bits per heavy atom. The largest absolute Gasteiger partial charge is 0.248 e. The highest BCUT2D eigenvalue weighted by Crippen LogP contribution is 2.38. The summed E-state index contributed by atoms with van der Waals surface area (Å²) < 4.78 is 25.4. The molecule has 0 radical (unpaired) electrons. The van der Waals surface area contributed by atoms with Crippen LogP contribution in [0.2, 0.25) is 0 Å². The van der Waals surface area contributed by atoms with Crippen LogP contribution in [0.3, 0.4) is 0 Å².